The van der Waals surface area contributed by atoms with Crippen LogP contribution in [-0.4, -0.2) is 36.6 Å². The predicted molar refractivity (Wildman–Crippen MR) is 77.6 cm³/mol. The van der Waals surface area contributed by atoms with Crippen molar-refractivity contribution in [2.24, 2.45) is 5.92 Å². The summed E-state index contributed by atoms with van der Waals surface area (Å²) < 4.78 is 0. The first-order valence-electron chi connectivity index (χ1n) is 6.39. The van der Waals surface area contributed by atoms with Gasteiger partial charge in [-0.2, -0.15) is 0 Å². The lowest BCUT2D eigenvalue weighted by Gasteiger charge is -2.27. The van der Waals surface area contributed by atoms with Crippen LogP contribution in [0.3, 0.4) is 0 Å². The first kappa shape index (κ1) is 15.2. The number of hydrogen-bond acceptors (Lipinski definition) is 4. The second-order valence-electron chi connectivity index (χ2n) is 5.04. The molecule has 2 heterocycles. The van der Waals surface area contributed by atoms with Gasteiger partial charge >= 0.3 is 0 Å². The van der Waals surface area contributed by atoms with Gasteiger partial charge in [0.2, 0.25) is 5.95 Å². The van der Waals surface area contributed by atoms with Gasteiger partial charge in [-0.05, 0) is 51.8 Å². The standard InChI is InChI=1S/C13H22N4.ClH/c1-10-7-11(2)16-13(15-10)17(3)9-12-5-4-6-14-8-12;/h7,12,14H,4-6,8-9H2,1-3H3;1H. The molecule has 1 unspecified atom stereocenters. The van der Waals surface area contributed by atoms with E-state index >= 15 is 0 Å². The molecule has 5 heteroatoms. The van der Waals surface area contributed by atoms with Crippen LogP contribution in [0.4, 0.5) is 5.95 Å². The molecule has 1 saturated heterocycles. The average molecular weight is 271 g/mol. The van der Waals surface area contributed by atoms with Crippen molar-refractivity contribution < 1.29 is 0 Å². The molecule has 0 radical (unpaired) electrons. The number of rotatable bonds is 3. The number of piperidine rings is 1. The molecule has 0 spiro atoms. The molecule has 0 amide bonds. The molecule has 0 bridgehead atoms. The maximum Gasteiger partial charge on any atom is 0.225 e. The Morgan fingerprint density at radius 1 is 1.33 bits per heavy atom. The molecule has 1 aliphatic rings. The molecule has 0 aliphatic carbocycles. The first-order chi connectivity index (χ1) is 8.15. The minimum Gasteiger partial charge on any atom is -0.344 e. The highest BCUT2D eigenvalue weighted by atomic mass is 35.5. The number of nitrogens with zero attached hydrogens (tertiary/aromatic N) is 3. The SMILES string of the molecule is Cc1cc(C)nc(N(C)CC2CCCNC2)n1.Cl. The molecule has 1 N–H and O–H groups in total. The first-order valence-corrected chi connectivity index (χ1v) is 6.39. The van der Waals surface area contributed by atoms with Crippen molar-refractivity contribution in [2.45, 2.75) is 26.7 Å². The summed E-state index contributed by atoms with van der Waals surface area (Å²) in [6.07, 6.45) is 2.59. The highest BCUT2D eigenvalue weighted by molar-refractivity contribution is 5.85. The fourth-order valence-corrected chi connectivity index (χ4v) is 2.43. The van der Waals surface area contributed by atoms with Gasteiger partial charge in [-0.3, -0.25) is 0 Å². The van der Waals surface area contributed by atoms with E-state index in [2.05, 4.69) is 27.2 Å². The van der Waals surface area contributed by atoms with E-state index < -0.39 is 0 Å². The molecule has 0 saturated carbocycles. The van der Waals surface area contributed by atoms with E-state index in [-0.39, 0.29) is 12.4 Å². The average Bonchev–Trinajstić information content (AvgIpc) is 2.29. The molecule has 1 fully saturated rings. The van der Waals surface area contributed by atoms with Crippen molar-refractivity contribution in [3.63, 3.8) is 0 Å². The van der Waals surface area contributed by atoms with Gasteiger partial charge in [0.25, 0.3) is 0 Å². The Balaban J connectivity index is 0.00000162. The van der Waals surface area contributed by atoms with Crippen LogP contribution in [0.2, 0.25) is 0 Å². The van der Waals surface area contributed by atoms with Crippen LogP contribution in [0.5, 0.6) is 0 Å². The third-order valence-electron chi connectivity index (χ3n) is 3.24. The van der Waals surface area contributed by atoms with Crippen LogP contribution in [0.15, 0.2) is 6.07 Å². The van der Waals surface area contributed by atoms with Gasteiger partial charge in [-0.1, -0.05) is 0 Å². The minimum atomic E-state index is 0. The van der Waals surface area contributed by atoms with Gasteiger partial charge in [0.15, 0.2) is 0 Å². The van der Waals surface area contributed by atoms with Crippen molar-refractivity contribution >= 4 is 18.4 Å². The van der Waals surface area contributed by atoms with Gasteiger partial charge in [-0.25, -0.2) is 9.97 Å². The summed E-state index contributed by atoms with van der Waals surface area (Å²) in [4.78, 5) is 11.2. The molecule has 18 heavy (non-hydrogen) atoms. The molecular weight excluding hydrogens is 248 g/mol. The number of halogens is 1. The second-order valence-corrected chi connectivity index (χ2v) is 5.04. The summed E-state index contributed by atoms with van der Waals surface area (Å²) in [6.45, 7) is 7.37. The van der Waals surface area contributed by atoms with Gasteiger partial charge < -0.3 is 10.2 Å². The zero-order valence-corrected chi connectivity index (χ0v) is 12.3. The van der Waals surface area contributed by atoms with Gasteiger partial charge in [-0.15, -0.1) is 12.4 Å². The third kappa shape index (κ3) is 4.10. The topological polar surface area (TPSA) is 41.1 Å². The Hall–Kier alpha value is -0.870. The van der Waals surface area contributed by atoms with Gasteiger partial charge in [0.1, 0.15) is 0 Å². The fourth-order valence-electron chi connectivity index (χ4n) is 2.43. The van der Waals surface area contributed by atoms with Crippen LogP contribution >= 0.6 is 12.4 Å². The maximum absolute atomic E-state index is 4.49. The zero-order chi connectivity index (χ0) is 12.3. The fraction of sp³-hybridized carbons (Fsp3) is 0.692. The smallest absolute Gasteiger partial charge is 0.225 e. The Kier molecular flexibility index (Phi) is 5.82. The predicted octanol–water partition coefficient (Wildman–Crippen LogP) is 1.95. The van der Waals surface area contributed by atoms with Crippen LogP contribution in [-0.2, 0) is 0 Å². The Bertz CT molecular complexity index is 357. The van der Waals surface area contributed by atoms with Crippen molar-refractivity contribution in [3.05, 3.63) is 17.5 Å². The number of aromatic nitrogens is 2. The van der Waals surface area contributed by atoms with Crippen LogP contribution in [0.25, 0.3) is 0 Å². The molecular formula is C13H23ClN4. The molecule has 1 aromatic heterocycles. The van der Waals surface area contributed by atoms with Crippen LogP contribution in [0.1, 0.15) is 24.2 Å². The Labute approximate surface area is 116 Å². The number of aryl methyl sites for hydroxylation is 2. The maximum atomic E-state index is 4.49. The summed E-state index contributed by atoms with van der Waals surface area (Å²) in [5, 5.41) is 3.45. The van der Waals surface area contributed by atoms with Crippen molar-refractivity contribution in [2.75, 3.05) is 31.6 Å². The largest absolute Gasteiger partial charge is 0.344 e. The molecule has 102 valence electrons. The van der Waals surface area contributed by atoms with Gasteiger partial charge in [0, 0.05) is 25.0 Å². The molecule has 4 nitrogen and oxygen atoms in total. The van der Waals surface area contributed by atoms with E-state index in [0.717, 1.165) is 36.3 Å². The van der Waals surface area contributed by atoms with Crippen LogP contribution in [0, 0.1) is 19.8 Å². The van der Waals surface area contributed by atoms with E-state index in [0.29, 0.717) is 0 Å². The lowest BCUT2D eigenvalue weighted by Crippen LogP contribution is -2.37. The minimum absolute atomic E-state index is 0. The quantitative estimate of drug-likeness (QED) is 0.912. The summed E-state index contributed by atoms with van der Waals surface area (Å²) in [5.74, 6) is 1.58. The monoisotopic (exact) mass is 270 g/mol. The number of hydrogen-bond donors (Lipinski definition) is 1. The van der Waals surface area contributed by atoms with E-state index in [1.807, 2.05) is 19.9 Å². The van der Waals surface area contributed by atoms with E-state index in [1.54, 1.807) is 0 Å². The van der Waals surface area contributed by atoms with Gasteiger partial charge in [0.05, 0.1) is 0 Å². The lowest BCUT2D eigenvalue weighted by atomic mass is 9.99. The van der Waals surface area contributed by atoms with Crippen molar-refractivity contribution in [1.29, 1.82) is 0 Å². The zero-order valence-electron chi connectivity index (χ0n) is 11.4. The van der Waals surface area contributed by atoms with E-state index in [1.165, 1.54) is 19.4 Å². The lowest BCUT2D eigenvalue weighted by molar-refractivity contribution is 0.380. The van der Waals surface area contributed by atoms with E-state index in [4.69, 9.17) is 0 Å². The van der Waals surface area contributed by atoms with E-state index in [9.17, 15) is 0 Å². The highest BCUT2D eigenvalue weighted by Gasteiger charge is 2.16. The normalized spacial score (nSPS) is 19.2. The second kappa shape index (κ2) is 6.90. The van der Waals surface area contributed by atoms with Crippen molar-refractivity contribution in [3.8, 4) is 0 Å². The Morgan fingerprint density at radius 2 is 2.00 bits per heavy atom. The molecule has 1 aromatic rings. The van der Waals surface area contributed by atoms with Crippen molar-refractivity contribution in [1.82, 2.24) is 15.3 Å². The summed E-state index contributed by atoms with van der Waals surface area (Å²) in [5.41, 5.74) is 2.09. The summed E-state index contributed by atoms with van der Waals surface area (Å²) in [7, 11) is 2.09. The number of nitrogens with one attached hydrogen (secondary N) is 1. The van der Waals surface area contributed by atoms with Crippen LogP contribution < -0.4 is 10.2 Å². The Morgan fingerprint density at radius 3 is 2.56 bits per heavy atom. The summed E-state index contributed by atoms with van der Waals surface area (Å²) >= 11 is 0. The molecule has 2 rings (SSSR count). The molecule has 1 atom stereocenters. The molecule has 1 aliphatic heterocycles. The molecule has 0 aromatic carbocycles. The summed E-state index contributed by atoms with van der Waals surface area (Å²) in [6, 6.07) is 2.01. The number of anilines is 1. The third-order valence-corrected chi connectivity index (χ3v) is 3.24. The highest BCUT2D eigenvalue weighted by Crippen LogP contribution is 2.15.